The summed E-state index contributed by atoms with van der Waals surface area (Å²) < 4.78 is 34.2. The predicted octanol–water partition coefficient (Wildman–Crippen LogP) is 4.30. The number of ether oxygens (including phenoxy) is 2. The number of methoxy groups -OCH3 is 1. The molecule has 0 atom stereocenters. The normalized spacial score (nSPS) is 11.5. The van der Waals surface area contributed by atoms with Gasteiger partial charge in [0.05, 0.1) is 18.3 Å². The molecule has 0 spiro atoms. The van der Waals surface area contributed by atoms with Gasteiger partial charge in [0.2, 0.25) is 0 Å². The lowest BCUT2D eigenvalue weighted by Gasteiger charge is -2.13. The lowest BCUT2D eigenvalue weighted by Crippen LogP contribution is -2.11. The first kappa shape index (κ1) is 18.1. The third kappa shape index (κ3) is 4.41. The zero-order valence-electron chi connectivity index (χ0n) is 13.7. The van der Waals surface area contributed by atoms with Gasteiger partial charge in [-0.25, -0.2) is 4.98 Å². The van der Waals surface area contributed by atoms with E-state index in [0.29, 0.717) is 10.6 Å². The highest BCUT2D eigenvalue weighted by atomic mass is 32.1. The smallest absolute Gasteiger partial charge is 0.387 e. The van der Waals surface area contributed by atoms with Crippen LogP contribution in [-0.2, 0) is 5.41 Å². The first-order chi connectivity index (χ1) is 11.2. The minimum absolute atomic E-state index is 0.148. The number of nitrogens with one attached hydrogen (secondary N) is 1. The Morgan fingerprint density at radius 1 is 1.29 bits per heavy atom. The minimum atomic E-state index is -2.99. The number of carbonyl (C=O) groups excluding carboxylic acids is 1. The maximum absolute atomic E-state index is 12.4. The molecule has 0 aliphatic heterocycles. The number of anilines is 1. The minimum Gasteiger partial charge on any atom is -0.493 e. The first-order valence-corrected chi connectivity index (χ1v) is 7.93. The van der Waals surface area contributed by atoms with Crippen LogP contribution in [0.3, 0.4) is 0 Å². The van der Waals surface area contributed by atoms with Crippen molar-refractivity contribution in [2.24, 2.45) is 0 Å². The first-order valence-electron chi connectivity index (χ1n) is 7.11. The molecule has 2 aromatic rings. The van der Waals surface area contributed by atoms with E-state index in [4.69, 9.17) is 4.74 Å². The van der Waals surface area contributed by atoms with Gasteiger partial charge < -0.3 is 14.8 Å². The Labute approximate surface area is 142 Å². The lowest BCUT2D eigenvalue weighted by molar-refractivity contribution is -0.0511. The van der Waals surface area contributed by atoms with Crippen molar-refractivity contribution >= 4 is 22.9 Å². The molecule has 1 aromatic heterocycles. The molecular formula is C16H18F2N2O3S. The van der Waals surface area contributed by atoms with Crippen LogP contribution in [0, 0.1) is 0 Å². The van der Waals surface area contributed by atoms with E-state index >= 15 is 0 Å². The number of alkyl halides is 2. The number of thiazole rings is 1. The van der Waals surface area contributed by atoms with E-state index in [0.717, 1.165) is 5.01 Å². The number of aromatic nitrogens is 1. The Kier molecular flexibility index (Phi) is 5.38. The van der Waals surface area contributed by atoms with Crippen molar-refractivity contribution < 1.29 is 23.0 Å². The summed E-state index contributed by atoms with van der Waals surface area (Å²) in [6, 6.07) is 4.27. The lowest BCUT2D eigenvalue weighted by atomic mass is 9.98. The summed E-state index contributed by atoms with van der Waals surface area (Å²) in [4.78, 5) is 17.0. The van der Waals surface area contributed by atoms with Crippen molar-refractivity contribution in [2.75, 3.05) is 12.4 Å². The fourth-order valence-corrected chi connectivity index (χ4v) is 2.73. The molecule has 0 saturated carbocycles. The number of nitrogens with zero attached hydrogens (tertiary/aromatic N) is 1. The highest BCUT2D eigenvalue weighted by Crippen LogP contribution is 2.32. The zero-order chi connectivity index (χ0) is 17.9. The second kappa shape index (κ2) is 7.12. The summed E-state index contributed by atoms with van der Waals surface area (Å²) in [7, 11) is 1.34. The fourth-order valence-electron chi connectivity index (χ4n) is 1.86. The molecule has 0 aliphatic carbocycles. The van der Waals surface area contributed by atoms with Gasteiger partial charge in [0.1, 0.15) is 4.88 Å². The molecule has 0 radical (unpaired) electrons. The van der Waals surface area contributed by atoms with Gasteiger partial charge >= 0.3 is 6.61 Å². The van der Waals surface area contributed by atoms with Crippen LogP contribution in [0.2, 0.25) is 0 Å². The summed E-state index contributed by atoms with van der Waals surface area (Å²) in [5.74, 6) is -0.359. The summed E-state index contributed by atoms with van der Waals surface area (Å²) in [6.45, 7) is 3.03. The molecule has 0 fully saturated rings. The summed E-state index contributed by atoms with van der Waals surface area (Å²) in [5, 5.41) is 3.48. The van der Waals surface area contributed by atoms with E-state index in [9.17, 15) is 13.6 Å². The Balaban J connectivity index is 2.18. The number of benzene rings is 1. The molecule has 2 rings (SSSR count). The molecule has 8 heteroatoms. The zero-order valence-corrected chi connectivity index (χ0v) is 14.5. The number of carbonyl (C=O) groups is 1. The van der Waals surface area contributed by atoms with Gasteiger partial charge in [-0.3, -0.25) is 4.79 Å². The number of amides is 1. The average Bonchev–Trinajstić information content (AvgIpc) is 2.97. The van der Waals surface area contributed by atoms with Crippen molar-refractivity contribution in [3.05, 3.63) is 34.3 Å². The van der Waals surface area contributed by atoms with E-state index in [1.165, 1.54) is 36.8 Å². The van der Waals surface area contributed by atoms with Crippen molar-refractivity contribution in [3.8, 4) is 11.5 Å². The highest BCUT2D eigenvalue weighted by molar-refractivity contribution is 7.13. The third-order valence-corrected chi connectivity index (χ3v) is 4.43. The Bertz CT molecular complexity index is 726. The van der Waals surface area contributed by atoms with E-state index in [2.05, 4.69) is 15.0 Å². The van der Waals surface area contributed by atoms with Crippen molar-refractivity contribution in [1.82, 2.24) is 4.98 Å². The molecule has 0 aliphatic rings. The quantitative estimate of drug-likeness (QED) is 0.867. The maximum Gasteiger partial charge on any atom is 0.387 e. The molecular weight excluding hydrogens is 338 g/mol. The Morgan fingerprint density at radius 3 is 2.54 bits per heavy atom. The summed E-state index contributed by atoms with van der Waals surface area (Å²) in [6.07, 6.45) is 1.50. The van der Waals surface area contributed by atoms with Gasteiger partial charge in [-0.05, 0) is 12.1 Å². The van der Waals surface area contributed by atoms with Gasteiger partial charge in [0.25, 0.3) is 5.91 Å². The molecule has 24 heavy (non-hydrogen) atoms. The molecule has 1 N–H and O–H groups in total. The largest absolute Gasteiger partial charge is 0.493 e. The molecule has 130 valence electrons. The summed E-state index contributed by atoms with van der Waals surface area (Å²) >= 11 is 1.29. The van der Waals surface area contributed by atoms with Crippen molar-refractivity contribution in [2.45, 2.75) is 32.8 Å². The molecule has 0 unspecified atom stereocenters. The van der Waals surface area contributed by atoms with Crippen LogP contribution in [0.25, 0.3) is 0 Å². The van der Waals surface area contributed by atoms with Crippen LogP contribution >= 0.6 is 11.3 Å². The average molecular weight is 356 g/mol. The number of halogens is 2. The van der Waals surface area contributed by atoms with Gasteiger partial charge in [-0.15, -0.1) is 11.3 Å². The number of rotatable bonds is 5. The highest BCUT2D eigenvalue weighted by Gasteiger charge is 2.20. The molecule has 5 nitrogen and oxygen atoms in total. The van der Waals surface area contributed by atoms with Crippen LogP contribution in [0.5, 0.6) is 11.5 Å². The van der Waals surface area contributed by atoms with Crippen LogP contribution in [-0.4, -0.2) is 24.6 Å². The van der Waals surface area contributed by atoms with Gasteiger partial charge in [-0.2, -0.15) is 8.78 Å². The van der Waals surface area contributed by atoms with Crippen LogP contribution in [0.1, 0.15) is 35.5 Å². The molecule has 0 saturated heterocycles. The maximum atomic E-state index is 12.4. The van der Waals surface area contributed by atoms with Crippen LogP contribution < -0.4 is 14.8 Å². The fraction of sp³-hybridized carbons (Fsp3) is 0.375. The second-order valence-corrected chi connectivity index (χ2v) is 7.01. The third-order valence-electron chi connectivity index (χ3n) is 3.01. The Morgan fingerprint density at radius 2 is 2.00 bits per heavy atom. The van der Waals surface area contributed by atoms with E-state index in [1.54, 1.807) is 6.07 Å². The number of hydrogen-bond donors (Lipinski definition) is 1. The van der Waals surface area contributed by atoms with Crippen LogP contribution in [0.15, 0.2) is 24.4 Å². The van der Waals surface area contributed by atoms with E-state index in [-0.39, 0.29) is 22.8 Å². The van der Waals surface area contributed by atoms with Crippen LogP contribution in [0.4, 0.5) is 14.5 Å². The standard InChI is InChI=1S/C16H18F2N2O3S/c1-16(2,3)14-19-8-12(24-14)13(21)20-9-5-6-10(22-4)11(7-9)23-15(17)18/h5-8,15H,1-4H3,(H,20,21). The van der Waals surface area contributed by atoms with Gasteiger partial charge in [0, 0.05) is 17.2 Å². The van der Waals surface area contributed by atoms with Crippen molar-refractivity contribution in [3.63, 3.8) is 0 Å². The van der Waals surface area contributed by atoms with Gasteiger partial charge in [-0.1, -0.05) is 20.8 Å². The predicted molar refractivity (Wildman–Crippen MR) is 88.4 cm³/mol. The van der Waals surface area contributed by atoms with Crippen molar-refractivity contribution in [1.29, 1.82) is 0 Å². The summed E-state index contributed by atoms with van der Waals surface area (Å²) in [5.41, 5.74) is 0.170. The topological polar surface area (TPSA) is 60.5 Å². The molecule has 1 aromatic carbocycles. The molecule has 1 heterocycles. The SMILES string of the molecule is COc1ccc(NC(=O)c2cnc(C(C)(C)C)s2)cc1OC(F)F. The second-order valence-electron chi connectivity index (χ2n) is 5.98. The molecule has 1 amide bonds. The van der Waals surface area contributed by atoms with E-state index in [1.807, 2.05) is 20.8 Å². The van der Waals surface area contributed by atoms with E-state index < -0.39 is 6.61 Å². The number of hydrogen-bond acceptors (Lipinski definition) is 5. The monoisotopic (exact) mass is 356 g/mol. The Hall–Kier alpha value is -2.22. The van der Waals surface area contributed by atoms with Gasteiger partial charge in [0.15, 0.2) is 11.5 Å². The molecule has 0 bridgehead atoms.